The van der Waals surface area contributed by atoms with Crippen molar-refractivity contribution in [3.8, 4) is 28.1 Å². The Morgan fingerprint density at radius 2 is 1.76 bits per heavy atom. The minimum Gasteiger partial charge on any atom is -0.465 e. The molecular formula is C29H25F3N4O2. The highest BCUT2D eigenvalue weighted by Crippen LogP contribution is 2.57. The first-order valence-corrected chi connectivity index (χ1v) is 12.4. The van der Waals surface area contributed by atoms with Crippen LogP contribution in [0.2, 0.25) is 0 Å². The molecule has 1 N–H and O–H groups in total. The Morgan fingerprint density at radius 1 is 1.03 bits per heavy atom. The number of esters is 1. The summed E-state index contributed by atoms with van der Waals surface area (Å²) in [6.07, 6.45) is -0.427. The van der Waals surface area contributed by atoms with Gasteiger partial charge >= 0.3 is 12.1 Å². The Morgan fingerprint density at radius 3 is 2.45 bits per heavy atom. The van der Waals surface area contributed by atoms with E-state index in [1.54, 1.807) is 18.3 Å². The number of nitrogens with zero attached hydrogens (tertiary/aromatic N) is 3. The number of nitrogens with one attached hydrogen (secondary N) is 1. The van der Waals surface area contributed by atoms with Crippen LogP contribution in [0.1, 0.15) is 34.3 Å². The number of aromatic nitrogens is 3. The molecule has 38 heavy (non-hydrogen) atoms. The third-order valence-electron chi connectivity index (χ3n) is 7.77. The summed E-state index contributed by atoms with van der Waals surface area (Å²) in [6.45, 7) is 2.10. The molecule has 1 aliphatic carbocycles. The fraction of sp³-hybridized carbons (Fsp3) is 0.276. The molecule has 1 aliphatic heterocycles. The summed E-state index contributed by atoms with van der Waals surface area (Å²) in [4.78, 5) is 12.5. The van der Waals surface area contributed by atoms with Gasteiger partial charge in [0.25, 0.3) is 0 Å². The maximum atomic E-state index is 12.9. The monoisotopic (exact) mass is 518 g/mol. The quantitative estimate of drug-likeness (QED) is 0.346. The van der Waals surface area contributed by atoms with E-state index in [-0.39, 0.29) is 5.41 Å². The van der Waals surface area contributed by atoms with E-state index >= 15 is 0 Å². The normalized spacial score (nSPS) is 20.6. The second kappa shape index (κ2) is 9.09. The number of halogens is 3. The van der Waals surface area contributed by atoms with Crippen LogP contribution in [0.5, 0.6) is 0 Å². The summed E-state index contributed by atoms with van der Waals surface area (Å²) in [5.41, 5.74) is 4.53. The van der Waals surface area contributed by atoms with Crippen molar-refractivity contribution in [2.24, 2.45) is 5.92 Å². The number of carbonyl (C=O) groups excluding carboxylic acids is 1. The van der Waals surface area contributed by atoms with Crippen LogP contribution in [0.15, 0.2) is 72.9 Å². The molecule has 2 atom stereocenters. The molecule has 4 aromatic rings. The van der Waals surface area contributed by atoms with Crippen LogP contribution in [0.3, 0.4) is 0 Å². The second-order valence-corrected chi connectivity index (χ2v) is 9.97. The smallest absolute Gasteiger partial charge is 0.416 e. The molecule has 2 unspecified atom stereocenters. The number of methoxy groups -OCH3 is 1. The number of rotatable bonds is 5. The van der Waals surface area contributed by atoms with E-state index in [2.05, 4.69) is 39.9 Å². The fourth-order valence-electron chi connectivity index (χ4n) is 5.53. The maximum Gasteiger partial charge on any atom is 0.416 e. The first-order chi connectivity index (χ1) is 18.3. The lowest BCUT2D eigenvalue weighted by molar-refractivity contribution is -0.137. The summed E-state index contributed by atoms with van der Waals surface area (Å²) in [5, 5.41) is 11.8. The average Bonchev–Trinajstić information content (AvgIpc) is 3.50. The summed E-state index contributed by atoms with van der Waals surface area (Å²) >= 11 is 0. The van der Waals surface area contributed by atoms with Gasteiger partial charge in [0.05, 0.1) is 30.1 Å². The third-order valence-corrected chi connectivity index (χ3v) is 7.77. The molecule has 0 radical (unpaired) electrons. The Bertz CT molecular complexity index is 1500. The summed E-state index contributed by atoms with van der Waals surface area (Å²) in [6, 6.07) is 18.6. The number of hydrogen-bond donors (Lipinski definition) is 1. The number of fused-ring (bicyclic) bond motifs is 1. The van der Waals surface area contributed by atoms with Crippen molar-refractivity contribution < 1.29 is 22.7 Å². The number of alkyl halides is 3. The van der Waals surface area contributed by atoms with E-state index in [0.717, 1.165) is 42.8 Å². The highest BCUT2D eigenvalue weighted by Gasteiger charge is 2.55. The van der Waals surface area contributed by atoms with Crippen molar-refractivity contribution >= 4 is 5.97 Å². The van der Waals surface area contributed by atoms with Crippen LogP contribution in [0.25, 0.3) is 28.1 Å². The van der Waals surface area contributed by atoms with E-state index in [1.807, 2.05) is 6.07 Å². The number of carbonyl (C=O) groups is 1. The van der Waals surface area contributed by atoms with Gasteiger partial charge in [0.1, 0.15) is 5.69 Å². The fourth-order valence-corrected chi connectivity index (χ4v) is 5.53. The van der Waals surface area contributed by atoms with Crippen LogP contribution in [0.4, 0.5) is 13.2 Å². The zero-order valence-corrected chi connectivity index (χ0v) is 20.6. The van der Waals surface area contributed by atoms with Gasteiger partial charge < -0.3 is 10.1 Å². The Kier molecular flexibility index (Phi) is 5.83. The minimum atomic E-state index is -4.41. The van der Waals surface area contributed by atoms with Gasteiger partial charge in [-0.05, 0) is 78.9 Å². The standard InChI is InChI=1S/C29H25F3N4O2/c1-38-27(37)21-12-20(18-2-6-22(7-3-18)28-10-11-33-16-24(28)15-28)13-25(14-21)36-17-26(34-35-36)19-4-8-23(9-5-19)29(30,31)32/h2-9,12-14,17,24,33H,10-11,15-16H2,1H3. The summed E-state index contributed by atoms with van der Waals surface area (Å²) in [7, 11) is 1.33. The molecule has 1 saturated carbocycles. The molecule has 6 rings (SSSR count). The van der Waals surface area contributed by atoms with Crippen LogP contribution >= 0.6 is 0 Å². The van der Waals surface area contributed by atoms with Gasteiger partial charge in [0.2, 0.25) is 0 Å². The Balaban J connectivity index is 1.32. The summed E-state index contributed by atoms with van der Waals surface area (Å²) < 4.78 is 45.2. The molecule has 0 spiro atoms. The number of ether oxygens (including phenoxy) is 1. The lowest BCUT2D eigenvalue weighted by atomic mass is 9.87. The van der Waals surface area contributed by atoms with Crippen LogP contribution in [0, 0.1) is 5.92 Å². The van der Waals surface area contributed by atoms with E-state index < -0.39 is 17.7 Å². The largest absolute Gasteiger partial charge is 0.465 e. The lowest BCUT2D eigenvalue weighted by Crippen LogP contribution is -2.31. The Hall–Kier alpha value is -3.98. The predicted molar refractivity (Wildman–Crippen MR) is 136 cm³/mol. The average molecular weight is 519 g/mol. The zero-order valence-electron chi connectivity index (χ0n) is 20.6. The second-order valence-electron chi connectivity index (χ2n) is 9.97. The third kappa shape index (κ3) is 4.36. The van der Waals surface area contributed by atoms with E-state index in [1.165, 1.54) is 35.9 Å². The van der Waals surface area contributed by atoms with Gasteiger partial charge in [-0.25, -0.2) is 9.48 Å². The molecule has 2 fully saturated rings. The first kappa shape index (κ1) is 24.4. The molecule has 9 heteroatoms. The van der Waals surface area contributed by atoms with E-state index in [9.17, 15) is 18.0 Å². The molecule has 0 bridgehead atoms. The van der Waals surface area contributed by atoms with Gasteiger partial charge in [-0.3, -0.25) is 0 Å². The van der Waals surface area contributed by atoms with Crippen molar-refractivity contribution in [3.63, 3.8) is 0 Å². The van der Waals surface area contributed by atoms with Crippen LogP contribution in [-0.4, -0.2) is 41.2 Å². The van der Waals surface area contributed by atoms with Crippen molar-refractivity contribution in [1.29, 1.82) is 0 Å². The van der Waals surface area contributed by atoms with Gasteiger partial charge in [-0.2, -0.15) is 13.2 Å². The predicted octanol–water partition coefficient (Wildman–Crippen LogP) is 5.66. The number of benzene rings is 3. The van der Waals surface area contributed by atoms with Gasteiger partial charge in [-0.1, -0.05) is 41.6 Å². The lowest BCUT2D eigenvalue weighted by Gasteiger charge is -2.23. The van der Waals surface area contributed by atoms with Crippen LogP contribution in [-0.2, 0) is 16.3 Å². The molecule has 3 aromatic carbocycles. The highest BCUT2D eigenvalue weighted by molar-refractivity contribution is 5.92. The molecule has 1 aromatic heterocycles. The van der Waals surface area contributed by atoms with Gasteiger partial charge in [0, 0.05) is 11.0 Å². The van der Waals surface area contributed by atoms with Crippen molar-refractivity contribution in [3.05, 3.63) is 89.6 Å². The molecular weight excluding hydrogens is 493 g/mol. The minimum absolute atomic E-state index is 0.290. The molecule has 2 aliphatic rings. The SMILES string of the molecule is COC(=O)c1cc(-c2ccc(C34CCNCC3C4)cc2)cc(-n2cc(-c3ccc(C(F)(F)F)cc3)nn2)c1. The first-order valence-electron chi connectivity index (χ1n) is 12.4. The molecule has 1 saturated heterocycles. The number of piperidine rings is 1. The molecule has 194 valence electrons. The zero-order chi connectivity index (χ0) is 26.5. The van der Waals surface area contributed by atoms with E-state index in [4.69, 9.17) is 4.74 Å². The van der Waals surface area contributed by atoms with Gasteiger partial charge in [0.15, 0.2) is 0 Å². The van der Waals surface area contributed by atoms with Crippen LogP contribution < -0.4 is 5.32 Å². The van der Waals surface area contributed by atoms with Crippen molar-refractivity contribution in [2.75, 3.05) is 20.2 Å². The topological polar surface area (TPSA) is 69.0 Å². The molecule has 6 nitrogen and oxygen atoms in total. The van der Waals surface area contributed by atoms with Crippen molar-refractivity contribution in [1.82, 2.24) is 20.3 Å². The summed E-state index contributed by atoms with van der Waals surface area (Å²) in [5.74, 6) is 0.213. The number of hydrogen-bond acceptors (Lipinski definition) is 5. The Labute approximate surface area is 217 Å². The highest BCUT2D eigenvalue weighted by atomic mass is 19.4. The molecule has 0 amide bonds. The maximum absolute atomic E-state index is 12.9. The molecule has 2 heterocycles. The van der Waals surface area contributed by atoms with Gasteiger partial charge in [-0.15, -0.1) is 5.10 Å². The van der Waals surface area contributed by atoms with E-state index in [0.29, 0.717) is 28.4 Å². The van der Waals surface area contributed by atoms with Crippen molar-refractivity contribution in [2.45, 2.75) is 24.4 Å².